The minimum absolute atomic E-state index is 0.194. The van der Waals surface area contributed by atoms with Gasteiger partial charge in [-0.05, 0) is 24.8 Å². The third-order valence-corrected chi connectivity index (χ3v) is 6.34. The molecule has 0 aromatic carbocycles. The molecule has 3 saturated heterocycles. The van der Waals surface area contributed by atoms with Crippen LogP contribution >= 0.6 is 0 Å². The van der Waals surface area contributed by atoms with Gasteiger partial charge in [0.1, 0.15) is 0 Å². The molecule has 18 heavy (non-hydrogen) atoms. The van der Waals surface area contributed by atoms with E-state index in [1.165, 1.54) is 0 Å². The Hall–Kier alpha value is -0.210. The van der Waals surface area contributed by atoms with Crippen molar-refractivity contribution in [3.63, 3.8) is 0 Å². The molecule has 0 aliphatic carbocycles. The summed E-state index contributed by atoms with van der Waals surface area (Å²) in [6.45, 7) is 5.34. The van der Waals surface area contributed by atoms with Crippen molar-refractivity contribution >= 4 is 10.2 Å². The van der Waals surface area contributed by atoms with Gasteiger partial charge in [-0.25, -0.2) is 0 Å². The fourth-order valence-corrected chi connectivity index (χ4v) is 4.87. The molecule has 7 heteroatoms. The van der Waals surface area contributed by atoms with Gasteiger partial charge in [0.15, 0.2) is 0 Å². The molecule has 3 rings (SSSR count). The van der Waals surface area contributed by atoms with Crippen molar-refractivity contribution < 1.29 is 13.2 Å². The van der Waals surface area contributed by atoms with Crippen LogP contribution in [0.2, 0.25) is 0 Å². The van der Waals surface area contributed by atoms with Crippen LogP contribution in [0.25, 0.3) is 0 Å². The summed E-state index contributed by atoms with van der Waals surface area (Å²) in [5, 5.41) is 3.35. The van der Waals surface area contributed by atoms with Gasteiger partial charge >= 0.3 is 0 Å². The molecule has 1 unspecified atom stereocenters. The number of nitrogens with one attached hydrogen (secondary N) is 1. The summed E-state index contributed by atoms with van der Waals surface area (Å²) >= 11 is 0. The second-order valence-electron chi connectivity index (χ2n) is 5.53. The summed E-state index contributed by atoms with van der Waals surface area (Å²) in [5.74, 6) is 0. The standard InChI is InChI=1S/C11H21N3O3S/c15-18(16,13-5-7-17-8-6-13)14-4-2-11(10-14)1-3-12-9-11/h12H,1-10H2. The summed E-state index contributed by atoms with van der Waals surface area (Å²) in [5.41, 5.74) is 0.194. The Morgan fingerprint density at radius 2 is 1.83 bits per heavy atom. The average molecular weight is 275 g/mol. The first-order valence-corrected chi connectivity index (χ1v) is 8.06. The van der Waals surface area contributed by atoms with Crippen molar-refractivity contribution in [2.75, 3.05) is 52.5 Å². The molecule has 1 N–H and O–H groups in total. The summed E-state index contributed by atoms with van der Waals surface area (Å²) < 4.78 is 33.5. The Labute approximate surface area is 108 Å². The van der Waals surface area contributed by atoms with Gasteiger partial charge in [0.05, 0.1) is 13.2 Å². The van der Waals surface area contributed by atoms with Crippen LogP contribution in [0, 0.1) is 5.41 Å². The molecule has 104 valence electrons. The lowest BCUT2D eigenvalue weighted by Gasteiger charge is -2.31. The van der Waals surface area contributed by atoms with Crippen molar-refractivity contribution in [1.29, 1.82) is 0 Å². The molecule has 0 amide bonds. The lowest BCUT2D eigenvalue weighted by molar-refractivity contribution is 0.0704. The maximum Gasteiger partial charge on any atom is 0.282 e. The zero-order valence-corrected chi connectivity index (χ0v) is 11.4. The van der Waals surface area contributed by atoms with Crippen molar-refractivity contribution in [1.82, 2.24) is 13.9 Å². The molecular weight excluding hydrogens is 254 g/mol. The van der Waals surface area contributed by atoms with Crippen LogP contribution < -0.4 is 5.32 Å². The van der Waals surface area contributed by atoms with Crippen LogP contribution in [-0.4, -0.2) is 69.5 Å². The van der Waals surface area contributed by atoms with Gasteiger partial charge in [0, 0.05) is 32.7 Å². The molecule has 3 fully saturated rings. The first-order valence-electron chi connectivity index (χ1n) is 6.66. The Morgan fingerprint density at radius 3 is 2.50 bits per heavy atom. The van der Waals surface area contributed by atoms with Crippen molar-refractivity contribution in [3.05, 3.63) is 0 Å². The monoisotopic (exact) mass is 275 g/mol. The predicted molar refractivity (Wildman–Crippen MR) is 67.4 cm³/mol. The summed E-state index contributed by atoms with van der Waals surface area (Å²) in [6.07, 6.45) is 2.09. The second kappa shape index (κ2) is 4.72. The highest BCUT2D eigenvalue weighted by Crippen LogP contribution is 2.37. The smallest absolute Gasteiger partial charge is 0.282 e. The molecule has 0 bridgehead atoms. The van der Waals surface area contributed by atoms with E-state index >= 15 is 0 Å². The van der Waals surface area contributed by atoms with Gasteiger partial charge in [0.25, 0.3) is 10.2 Å². The molecule has 3 aliphatic heterocycles. The molecule has 0 saturated carbocycles. The van der Waals surface area contributed by atoms with Crippen molar-refractivity contribution in [2.24, 2.45) is 5.41 Å². The van der Waals surface area contributed by atoms with E-state index in [-0.39, 0.29) is 5.41 Å². The van der Waals surface area contributed by atoms with E-state index in [9.17, 15) is 8.42 Å². The molecule has 1 atom stereocenters. The van der Waals surface area contributed by atoms with E-state index in [0.29, 0.717) is 39.4 Å². The third-order valence-electron chi connectivity index (χ3n) is 4.36. The van der Waals surface area contributed by atoms with E-state index in [2.05, 4.69) is 5.32 Å². The summed E-state index contributed by atoms with van der Waals surface area (Å²) in [4.78, 5) is 0. The highest BCUT2D eigenvalue weighted by molar-refractivity contribution is 7.86. The quantitative estimate of drug-likeness (QED) is 0.720. The summed E-state index contributed by atoms with van der Waals surface area (Å²) in [7, 11) is -3.27. The normalized spacial score (nSPS) is 35.6. The molecule has 3 heterocycles. The molecule has 1 spiro atoms. The minimum atomic E-state index is -3.27. The molecule has 6 nitrogen and oxygen atoms in total. The van der Waals surface area contributed by atoms with Crippen LogP contribution in [0.15, 0.2) is 0 Å². The first-order chi connectivity index (χ1) is 8.62. The van der Waals surface area contributed by atoms with E-state index in [4.69, 9.17) is 4.74 Å². The topological polar surface area (TPSA) is 61.9 Å². The highest BCUT2D eigenvalue weighted by Gasteiger charge is 2.45. The third kappa shape index (κ3) is 2.18. The molecule has 0 aromatic rings. The minimum Gasteiger partial charge on any atom is -0.379 e. The van der Waals surface area contributed by atoms with Gasteiger partial charge in [0.2, 0.25) is 0 Å². The number of ether oxygens (including phenoxy) is 1. The first kappa shape index (κ1) is 12.8. The van der Waals surface area contributed by atoms with Gasteiger partial charge in [-0.3, -0.25) is 0 Å². The SMILES string of the molecule is O=S(=O)(N1CCOCC1)N1CCC2(CCNC2)C1. The number of hydrogen-bond acceptors (Lipinski definition) is 4. The fourth-order valence-electron chi connectivity index (χ4n) is 3.18. The van der Waals surface area contributed by atoms with Crippen LogP contribution in [0.3, 0.4) is 0 Å². The lowest BCUT2D eigenvalue weighted by Crippen LogP contribution is -2.48. The van der Waals surface area contributed by atoms with Crippen LogP contribution in [0.1, 0.15) is 12.8 Å². The number of morpholine rings is 1. The average Bonchev–Trinajstić information content (AvgIpc) is 3.02. The predicted octanol–water partition coefficient (Wildman–Crippen LogP) is -0.751. The fraction of sp³-hybridized carbons (Fsp3) is 1.00. The maximum absolute atomic E-state index is 12.5. The van der Waals surface area contributed by atoms with Gasteiger partial charge in [-0.1, -0.05) is 0 Å². The van der Waals surface area contributed by atoms with Crippen LogP contribution in [-0.2, 0) is 14.9 Å². The highest BCUT2D eigenvalue weighted by atomic mass is 32.2. The number of nitrogens with zero attached hydrogens (tertiary/aromatic N) is 2. The van der Waals surface area contributed by atoms with E-state index in [1.54, 1.807) is 8.61 Å². The maximum atomic E-state index is 12.5. The van der Waals surface area contributed by atoms with Crippen molar-refractivity contribution in [3.8, 4) is 0 Å². The zero-order chi connectivity index (χ0) is 12.6. The van der Waals surface area contributed by atoms with Crippen LogP contribution in [0.5, 0.6) is 0 Å². The van der Waals surface area contributed by atoms with Gasteiger partial charge < -0.3 is 10.1 Å². The Morgan fingerprint density at radius 1 is 1.06 bits per heavy atom. The number of rotatable bonds is 2. The zero-order valence-electron chi connectivity index (χ0n) is 10.6. The Balaban J connectivity index is 1.70. The largest absolute Gasteiger partial charge is 0.379 e. The van der Waals surface area contributed by atoms with E-state index < -0.39 is 10.2 Å². The summed E-state index contributed by atoms with van der Waals surface area (Å²) in [6, 6.07) is 0. The van der Waals surface area contributed by atoms with Crippen molar-refractivity contribution in [2.45, 2.75) is 12.8 Å². The van der Waals surface area contributed by atoms with Crippen LogP contribution in [0.4, 0.5) is 0 Å². The van der Waals surface area contributed by atoms with Gasteiger partial charge in [-0.2, -0.15) is 17.0 Å². The Kier molecular flexibility index (Phi) is 3.36. The Bertz CT molecular complexity index is 400. The van der Waals surface area contributed by atoms with E-state index in [0.717, 1.165) is 25.9 Å². The molecule has 3 aliphatic rings. The molecular formula is C11H21N3O3S. The van der Waals surface area contributed by atoms with Gasteiger partial charge in [-0.15, -0.1) is 0 Å². The lowest BCUT2D eigenvalue weighted by atomic mass is 9.87. The van der Waals surface area contributed by atoms with E-state index in [1.807, 2.05) is 0 Å². The molecule has 0 radical (unpaired) electrons. The number of hydrogen-bond donors (Lipinski definition) is 1. The molecule has 0 aromatic heterocycles. The second-order valence-corrected chi connectivity index (χ2v) is 7.46.